The van der Waals surface area contributed by atoms with Crippen molar-refractivity contribution in [1.29, 1.82) is 0 Å². The molecule has 0 spiro atoms. The summed E-state index contributed by atoms with van der Waals surface area (Å²) < 4.78 is 0. The minimum Gasteiger partial charge on any atom is -0.316 e. The van der Waals surface area contributed by atoms with Crippen LogP contribution in [0.5, 0.6) is 0 Å². The molecule has 2 aliphatic rings. The van der Waals surface area contributed by atoms with E-state index in [4.69, 9.17) is 0 Å². The molecule has 1 heterocycles. The molecule has 0 aromatic carbocycles. The lowest BCUT2D eigenvalue weighted by Gasteiger charge is -2.22. The Morgan fingerprint density at radius 3 is 2.94 bits per heavy atom. The van der Waals surface area contributed by atoms with E-state index in [1.165, 1.54) is 38.8 Å². The topological polar surface area (TPSA) is 12.0 Å². The Labute approximate surface area is 100 Å². The maximum Gasteiger partial charge on any atom is -0.00200 e. The standard InChI is InChI=1S/C15H25N/c1-12(2)15-5-3-4-13(10-15)6-7-14-8-9-16-11-14/h3-5,12-14,16H,6-11H2,1-2H3. The molecule has 2 rings (SSSR count). The summed E-state index contributed by atoms with van der Waals surface area (Å²) in [4.78, 5) is 0. The monoisotopic (exact) mass is 219 g/mol. The second kappa shape index (κ2) is 5.67. The summed E-state index contributed by atoms with van der Waals surface area (Å²) in [6.07, 6.45) is 12.5. The molecule has 1 N–H and O–H groups in total. The first-order valence-corrected chi connectivity index (χ1v) is 6.83. The highest BCUT2D eigenvalue weighted by molar-refractivity contribution is 5.21. The average Bonchev–Trinajstić information content (AvgIpc) is 2.79. The zero-order valence-corrected chi connectivity index (χ0v) is 10.7. The quantitative estimate of drug-likeness (QED) is 0.762. The van der Waals surface area contributed by atoms with E-state index in [9.17, 15) is 0 Å². The van der Waals surface area contributed by atoms with Gasteiger partial charge in [-0.15, -0.1) is 0 Å². The molecule has 1 saturated heterocycles. The van der Waals surface area contributed by atoms with Crippen molar-refractivity contribution in [3.8, 4) is 0 Å². The largest absolute Gasteiger partial charge is 0.316 e. The van der Waals surface area contributed by atoms with Crippen molar-refractivity contribution < 1.29 is 0 Å². The van der Waals surface area contributed by atoms with Crippen LogP contribution in [0, 0.1) is 17.8 Å². The van der Waals surface area contributed by atoms with Crippen LogP contribution in [0.3, 0.4) is 0 Å². The minimum absolute atomic E-state index is 0.723. The highest BCUT2D eigenvalue weighted by Crippen LogP contribution is 2.29. The first-order valence-electron chi connectivity index (χ1n) is 6.83. The fraction of sp³-hybridized carbons (Fsp3) is 0.733. The van der Waals surface area contributed by atoms with Gasteiger partial charge < -0.3 is 5.32 Å². The Hall–Kier alpha value is -0.560. The molecule has 16 heavy (non-hydrogen) atoms. The first kappa shape index (κ1) is 11.9. The van der Waals surface area contributed by atoms with Gasteiger partial charge in [0.05, 0.1) is 0 Å². The molecule has 1 aliphatic carbocycles. The van der Waals surface area contributed by atoms with Gasteiger partial charge in [-0.25, -0.2) is 0 Å². The van der Waals surface area contributed by atoms with E-state index in [0.29, 0.717) is 0 Å². The molecule has 0 aromatic heterocycles. The fourth-order valence-corrected chi connectivity index (χ4v) is 2.81. The summed E-state index contributed by atoms with van der Waals surface area (Å²) in [5.41, 5.74) is 1.64. The fourth-order valence-electron chi connectivity index (χ4n) is 2.81. The van der Waals surface area contributed by atoms with Crippen LogP contribution in [0.15, 0.2) is 23.8 Å². The van der Waals surface area contributed by atoms with Gasteiger partial charge >= 0.3 is 0 Å². The summed E-state index contributed by atoms with van der Waals surface area (Å²) in [6.45, 7) is 7.11. The highest BCUT2D eigenvalue weighted by atomic mass is 14.9. The molecule has 2 atom stereocenters. The van der Waals surface area contributed by atoms with Gasteiger partial charge in [0.25, 0.3) is 0 Å². The lowest BCUT2D eigenvalue weighted by molar-refractivity contribution is 0.443. The van der Waals surface area contributed by atoms with Crippen LogP contribution >= 0.6 is 0 Å². The van der Waals surface area contributed by atoms with Gasteiger partial charge in [-0.3, -0.25) is 0 Å². The molecular formula is C15H25N. The smallest absolute Gasteiger partial charge is 0.00200 e. The van der Waals surface area contributed by atoms with Crippen LogP contribution in [0.2, 0.25) is 0 Å². The van der Waals surface area contributed by atoms with E-state index in [2.05, 4.69) is 37.4 Å². The second-order valence-corrected chi connectivity index (χ2v) is 5.68. The highest BCUT2D eigenvalue weighted by Gasteiger charge is 2.18. The van der Waals surface area contributed by atoms with Crippen LogP contribution in [0.1, 0.15) is 39.5 Å². The molecule has 0 saturated carbocycles. The van der Waals surface area contributed by atoms with E-state index in [-0.39, 0.29) is 0 Å². The summed E-state index contributed by atoms with van der Waals surface area (Å²) in [6, 6.07) is 0. The lowest BCUT2D eigenvalue weighted by atomic mass is 9.84. The Morgan fingerprint density at radius 1 is 1.38 bits per heavy atom. The normalized spacial score (nSPS) is 29.8. The molecule has 1 heteroatoms. The maximum absolute atomic E-state index is 3.46. The number of hydrogen-bond acceptors (Lipinski definition) is 1. The summed E-state index contributed by atoms with van der Waals surface area (Å²) in [5, 5.41) is 3.46. The van der Waals surface area contributed by atoms with Crippen LogP contribution in [0.4, 0.5) is 0 Å². The first-order chi connectivity index (χ1) is 7.75. The van der Waals surface area contributed by atoms with Crippen molar-refractivity contribution in [2.75, 3.05) is 13.1 Å². The van der Waals surface area contributed by atoms with Gasteiger partial charge in [0, 0.05) is 0 Å². The zero-order valence-electron chi connectivity index (χ0n) is 10.7. The number of rotatable bonds is 4. The van der Waals surface area contributed by atoms with Gasteiger partial charge in [-0.05, 0) is 56.5 Å². The predicted molar refractivity (Wildman–Crippen MR) is 70.4 cm³/mol. The van der Waals surface area contributed by atoms with E-state index < -0.39 is 0 Å². The van der Waals surface area contributed by atoms with Crippen molar-refractivity contribution in [3.63, 3.8) is 0 Å². The van der Waals surface area contributed by atoms with Crippen LogP contribution < -0.4 is 5.32 Å². The van der Waals surface area contributed by atoms with Crippen LogP contribution in [0.25, 0.3) is 0 Å². The van der Waals surface area contributed by atoms with Crippen LogP contribution in [-0.2, 0) is 0 Å². The van der Waals surface area contributed by atoms with E-state index >= 15 is 0 Å². The molecule has 0 bridgehead atoms. The van der Waals surface area contributed by atoms with Crippen molar-refractivity contribution in [2.45, 2.75) is 39.5 Å². The number of hydrogen-bond donors (Lipinski definition) is 1. The molecule has 1 nitrogen and oxygen atoms in total. The zero-order chi connectivity index (χ0) is 11.4. The van der Waals surface area contributed by atoms with Gasteiger partial charge in [0.15, 0.2) is 0 Å². The molecule has 0 amide bonds. The van der Waals surface area contributed by atoms with E-state index in [1.807, 2.05) is 0 Å². The third kappa shape index (κ3) is 3.21. The summed E-state index contributed by atoms with van der Waals surface area (Å²) in [7, 11) is 0. The predicted octanol–water partition coefficient (Wildman–Crippen LogP) is 3.53. The summed E-state index contributed by atoms with van der Waals surface area (Å²) in [5.74, 6) is 2.48. The molecular weight excluding hydrogens is 194 g/mol. The molecule has 1 fully saturated rings. The molecule has 90 valence electrons. The van der Waals surface area contributed by atoms with Gasteiger partial charge in [-0.2, -0.15) is 0 Å². The van der Waals surface area contributed by atoms with E-state index in [0.717, 1.165) is 17.8 Å². The van der Waals surface area contributed by atoms with Crippen molar-refractivity contribution in [1.82, 2.24) is 5.32 Å². The summed E-state index contributed by atoms with van der Waals surface area (Å²) >= 11 is 0. The Kier molecular flexibility index (Phi) is 4.22. The molecule has 0 aromatic rings. The minimum atomic E-state index is 0.723. The van der Waals surface area contributed by atoms with E-state index in [1.54, 1.807) is 5.57 Å². The Morgan fingerprint density at radius 2 is 2.25 bits per heavy atom. The lowest BCUT2D eigenvalue weighted by Crippen LogP contribution is -2.11. The third-order valence-electron chi connectivity index (χ3n) is 4.04. The van der Waals surface area contributed by atoms with Crippen molar-refractivity contribution >= 4 is 0 Å². The van der Waals surface area contributed by atoms with Crippen LogP contribution in [-0.4, -0.2) is 13.1 Å². The molecule has 1 aliphatic heterocycles. The van der Waals surface area contributed by atoms with Crippen molar-refractivity contribution in [2.24, 2.45) is 17.8 Å². The Bertz CT molecular complexity index is 269. The van der Waals surface area contributed by atoms with Gasteiger partial charge in [-0.1, -0.05) is 37.6 Å². The Balaban J connectivity index is 1.75. The van der Waals surface area contributed by atoms with Gasteiger partial charge in [0.2, 0.25) is 0 Å². The van der Waals surface area contributed by atoms with Crippen molar-refractivity contribution in [3.05, 3.63) is 23.8 Å². The number of allylic oxidation sites excluding steroid dienone is 4. The third-order valence-corrected chi connectivity index (χ3v) is 4.04. The maximum atomic E-state index is 3.46. The number of nitrogens with one attached hydrogen (secondary N) is 1. The molecule has 2 unspecified atom stereocenters. The van der Waals surface area contributed by atoms with Gasteiger partial charge in [0.1, 0.15) is 0 Å². The average molecular weight is 219 g/mol. The SMILES string of the molecule is CC(C)C1=CC=CC(CCC2CCNC2)C1. The molecule has 0 radical (unpaired) electrons. The second-order valence-electron chi connectivity index (χ2n) is 5.68.